The van der Waals surface area contributed by atoms with E-state index in [1.807, 2.05) is 30.3 Å². The van der Waals surface area contributed by atoms with Crippen LogP contribution in [0, 0.1) is 0 Å². The smallest absolute Gasteiger partial charge is 0.341 e. The SMILES string of the molecule is COC(=O)c1c(C(=O)OC)c2ccc3ccccc3n2c1C(=O)c1ccc(OC)cc1. The Kier molecular flexibility index (Phi) is 5.17. The molecule has 0 spiro atoms. The molecule has 31 heavy (non-hydrogen) atoms. The highest BCUT2D eigenvalue weighted by atomic mass is 16.5. The molecule has 0 unspecified atom stereocenters. The van der Waals surface area contributed by atoms with E-state index in [-0.39, 0.29) is 16.8 Å². The molecule has 156 valence electrons. The number of pyridine rings is 1. The Morgan fingerprint density at radius 1 is 0.710 bits per heavy atom. The lowest BCUT2D eigenvalue weighted by Crippen LogP contribution is -2.15. The molecule has 0 aliphatic rings. The topological polar surface area (TPSA) is 83.3 Å². The molecule has 7 nitrogen and oxygen atoms in total. The first kappa shape index (κ1) is 20.2. The van der Waals surface area contributed by atoms with E-state index >= 15 is 0 Å². The molecule has 4 rings (SSSR count). The highest BCUT2D eigenvalue weighted by molar-refractivity contribution is 6.20. The van der Waals surface area contributed by atoms with Crippen LogP contribution in [0.3, 0.4) is 0 Å². The molecule has 2 aromatic heterocycles. The molecule has 2 aromatic carbocycles. The number of hydrogen-bond acceptors (Lipinski definition) is 6. The Hall–Kier alpha value is -4.13. The molecule has 0 aliphatic carbocycles. The van der Waals surface area contributed by atoms with E-state index in [1.165, 1.54) is 21.3 Å². The van der Waals surface area contributed by atoms with Crippen LogP contribution in [0.5, 0.6) is 5.75 Å². The van der Waals surface area contributed by atoms with Gasteiger partial charge in [0.05, 0.1) is 32.4 Å². The minimum Gasteiger partial charge on any atom is -0.497 e. The number of ketones is 1. The van der Waals surface area contributed by atoms with Gasteiger partial charge in [0.1, 0.15) is 22.6 Å². The monoisotopic (exact) mass is 417 g/mol. The number of carbonyl (C=O) groups excluding carboxylic acids is 3. The molecular formula is C24H19NO6. The Balaban J connectivity index is 2.14. The molecule has 7 heteroatoms. The van der Waals surface area contributed by atoms with Crippen molar-refractivity contribution in [2.75, 3.05) is 21.3 Å². The summed E-state index contributed by atoms with van der Waals surface area (Å²) in [6.45, 7) is 0. The van der Waals surface area contributed by atoms with Crippen LogP contribution in [-0.2, 0) is 9.47 Å². The largest absolute Gasteiger partial charge is 0.497 e. The summed E-state index contributed by atoms with van der Waals surface area (Å²) in [5.41, 5.74) is 1.25. The maximum Gasteiger partial charge on any atom is 0.341 e. The van der Waals surface area contributed by atoms with Gasteiger partial charge in [-0.2, -0.15) is 0 Å². The number of nitrogens with zero attached hydrogens (tertiary/aromatic N) is 1. The summed E-state index contributed by atoms with van der Waals surface area (Å²) in [6, 6.07) is 17.4. The van der Waals surface area contributed by atoms with Gasteiger partial charge < -0.3 is 18.6 Å². The highest BCUT2D eigenvalue weighted by Crippen LogP contribution is 2.31. The van der Waals surface area contributed by atoms with E-state index < -0.39 is 17.7 Å². The maximum absolute atomic E-state index is 13.6. The number of esters is 2. The van der Waals surface area contributed by atoms with Crippen LogP contribution < -0.4 is 4.74 Å². The molecule has 0 amide bonds. The van der Waals surface area contributed by atoms with Crippen LogP contribution in [-0.4, -0.2) is 43.5 Å². The van der Waals surface area contributed by atoms with Crippen molar-refractivity contribution < 1.29 is 28.6 Å². The third-order valence-corrected chi connectivity index (χ3v) is 5.15. The van der Waals surface area contributed by atoms with Gasteiger partial charge in [-0.3, -0.25) is 4.79 Å². The van der Waals surface area contributed by atoms with Crippen molar-refractivity contribution in [3.05, 3.63) is 83.0 Å². The molecule has 0 saturated carbocycles. The highest BCUT2D eigenvalue weighted by Gasteiger charge is 2.33. The van der Waals surface area contributed by atoms with Gasteiger partial charge in [0.2, 0.25) is 5.78 Å². The lowest BCUT2D eigenvalue weighted by atomic mass is 10.0. The Bertz CT molecular complexity index is 1330. The molecule has 0 radical (unpaired) electrons. The van der Waals surface area contributed by atoms with Crippen LogP contribution in [0.2, 0.25) is 0 Å². The first-order valence-electron chi connectivity index (χ1n) is 9.43. The van der Waals surface area contributed by atoms with Crippen LogP contribution in [0.15, 0.2) is 60.7 Å². The fourth-order valence-corrected chi connectivity index (χ4v) is 3.70. The van der Waals surface area contributed by atoms with E-state index in [0.717, 1.165) is 5.39 Å². The summed E-state index contributed by atoms with van der Waals surface area (Å²) < 4.78 is 16.6. The number of para-hydroxylation sites is 1. The zero-order valence-electron chi connectivity index (χ0n) is 17.2. The van der Waals surface area contributed by atoms with E-state index in [0.29, 0.717) is 22.3 Å². The lowest BCUT2D eigenvalue weighted by Gasteiger charge is -2.09. The first-order chi connectivity index (χ1) is 15.0. The summed E-state index contributed by atoms with van der Waals surface area (Å²) in [5.74, 6) is -1.39. The summed E-state index contributed by atoms with van der Waals surface area (Å²) >= 11 is 0. The van der Waals surface area contributed by atoms with Crippen LogP contribution in [0.1, 0.15) is 36.8 Å². The van der Waals surface area contributed by atoms with Crippen LogP contribution in [0.25, 0.3) is 16.4 Å². The second-order valence-corrected chi connectivity index (χ2v) is 6.75. The summed E-state index contributed by atoms with van der Waals surface area (Å²) in [4.78, 5) is 39.1. The van der Waals surface area contributed by atoms with Crippen LogP contribution in [0.4, 0.5) is 0 Å². The van der Waals surface area contributed by atoms with E-state index in [2.05, 4.69) is 0 Å². The van der Waals surface area contributed by atoms with Crippen molar-refractivity contribution >= 4 is 34.1 Å². The van der Waals surface area contributed by atoms with Gasteiger partial charge in [0.15, 0.2) is 0 Å². The zero-order chi connectivity index (χ0) is 22.1. The number of rotatable bonds is 5. The standard InChI is InChI=1S/C24H19NO6/c1-29-16-11-8-15(9-12-16)22(26)21-20(24(28)31-3)19(23(27)30-2)18-13-10-14-6-4-5-7-17(14)25(18)21/h4-13H,1-3H3. The number of fused-ring (bicyclic) bond motifs is 3. The van der Waals surface area contributed by atoms with Gasteiger partial charge in [-0.1, -0.05) is 24.3 Å². The van der Waals surface area contributed by atoms with Crippen molar-refractivity contribution in [3.8, 4) is 5.75 Å². The van der Waals surface area contributed by atoms with Crippen molar-refractivity contribution in [1.29, 1.82) is 0 Å². The zero-order valence-corrected chi connectivity index (χ0v) is 17.2. The number of ether oxygens (including phenoxy) is 3. The number of aromatic nitrogens is 1. The molecule has 0 bridgehead atoms. The molecular weight excluding hydrogens is 398 g/mol. The minimum absolute atomic E-state index is 0.0167. The van der Waals surface area contributed by atoms with E-state index in [9.17, 15) is 14.4 Å². The Labute approximate surface area is 177 Å². The molecule has 2 heterocycles. The normalized spacial score (nSPS) is 10.8. The molecule has 0 atom stereocenters. The van der Waals surface area contributed by atoms with Gasteiger partial charge >= 0.3 is 11.9 Å². The predicted octanol–water partition coefficient (Wildman–Crippen LogP) is 3.91. The number of carbonyl (C=O) groups is 3. The predicted molar refractivity (Wildman–Crippen MR) is 114 cm³/mol. The second-order valence-electron chi connectivity index (χ2n) is 6.75. The Morgan fingerprint density at radius 3 is 2.00 bits per heavy atom. The average Bonchev–Trinajstić information content (AvgIpc) is 3.18. The van der Waals surface area contributed by atoms with Gasteiger partial charge in [0, 0.05) is 5.56 Å². The fourth-order valence-electron chi connectivity index (χ4n) is 3.70. The number of benzene rings is 2. The lowest BCUT2D eigenvalue weighted by molar-refractivity contribution is 0.0556. The van der Waals surface area contributed by atoms with Gasteiger partial charge in [-0.15, -0.1) is 0 Å². The molecule has 4 aromatic rings. The third-order valence-electron chi connectivity index (χ3n) is 5.15. The summed E-state index contributed by atoms with van der Waals surface area (Å²) in [5, 5.41) is 0.835. The second kappa shape index (κ2) is 7.95. The molecule has 0 aliphatic heterocycles. The first-order valence-corrected chi connectivity index (χ1v) is 9.43. The van der Waals surface area contributed by atoms with E-state index in [4.69, 9.17) is 14.2 Å². The van der Waals surface area contributed by atoms with Crippen LogP contribution >= 0.6 is 0 Å². The van der Waals surface area contributed by atoms with Gasteiger partial charge in [0.25, 0.3) is 0 Å². The quantitative estimate of drug-likeness (QED) is 0.362. The molecule has 0 saturated heterocycles. The number of methoxy groups -OCH3 is 3. The van der Waals surface area contributed by atoms with Gasteiger partial charge in [-0.25, -0.2) is 9.59 Å². The third kappa shape index (κ3) is 3.20. The van der Waals surface area contributed by atoms with Crippen molar-refractivity contribution in [3.63, 3.8) is 0 Å². The Morgan fingerprint density at radius 2 is 1.35 bits per heavy atom. The number of hydrogen-bond donors (Lipinski definition) is 0. The minimum atomic E-state index is -0.801. The van der Waals surface area contributed by atoms with E-state index in [1.54, 1.807) is 34.7 Å². The molecule has 0 fully saturated rings. The molecule has 0 N–H and O–H groups in total. The summed E-state index contributed by atoms with van der Waals surface area (Å²) in [6.07, 6.45) is 0. The van der Waals surface area contributed by atoms with Crippen molar-refractivity contribution in [1.82, 2.24) is 4.40 Å². The fraction of sp³-hybridized carbons (Fsp3) is 0.125. The van der Waals surface area contributed by atoms with Crippen molar-refractivity contribution in [2.24, 2.45) is 0 Å². The van der Waals surface area contributed by atoms with Crippen molar-refractivity contribution in [2.45, 2.75) is 0 Å². The van der Waals surface area contributed by atoms with Gasteiger partial charge in [-0.05, 0) is 41.8 Å². The summed E-state index contributed by atoms with van der Waals surface area (Å²) in [7, 11) is 3.95. The average molecular weight is 417 g/mol. The maximum atomic E-state index is 13.6.